The highest BCUT2D eigenvalue weighted by atomic mass is 15.3. The average Bonchev–Trinajstić information content (AvgIpc) is 2.83. The number of aromatic nitrogens is 2. The molecular formula is C22H26N4. The van der Waals surface area contributed by atoms with E-state index in [-0.39, 0.29) is 0 Å². The fourth-order valence-electron chi connectivity index (χ4n) is 3.64. The molecule has 4 rings (SSSR count). The molecule has 0 atom stereocenters. The van der Waals surface area contributed by atoms with Crippen LogP contribution in [0.2, 0.25) is 0 Å². The van der Waals surface area contributed by atoms with Crippen LogP contribution in [-0.4, -0.2) is 30.4 Å². The first-order valence-electron chi connectivity index (χ1n) is 9.34. The Morgan fingerprint density at radius 2 is 1.88 bits per heavy atom. The number of hydrogen-bond donors (Lipinski definition) is 1. The number of nitrogens with zero attached hydrogens (tertiary/aromatic N) is 3. The largest absolute Gasteiger partial charge is 0.378 e. The molecule has 0 saturated heterocycles. The minimum absolute atomic E-state index is 1.00. The van der Waals surface area contributed by atoms with E-state index in [1.165, 1.54) is 35.2 Å². The minimum Gasteiger partial charge on any atom is -0.378 e. The summed E-state index contributed by atoms with van der Waals surface area (Å²) in [6.45, 7) is 3.15. The zero-order chi connectivity index (χ0) is 18.1. The molecule has 1 aromatic heterocycles. The van der Waals surface area contributed by atoms with Gasteiger partial charge in [-0.2, -0.15) is 5.10 Å². The number of rotatable bonds is 3. The van der Waals surface area contributed by atoms with Crippen LogP contribution in [-0.2, 0) is 6.42 Å². The van der Waals surface area contributed by atoms with Gasteiger partial charge < -0.3 is 10.2 Å². The average molecular weight is 346 g/mol. The van der Waals surface area contributed by atoms with E-state index in [1.807, 2.05) is 0 Å². The number of nitrogens with one attached hydrogen (secondary N) is 1. The second kappa shape index (κ2) is 6.87. The lowest BCUT2D eigenvalue weighted by Gasteiger charge is -2.13. The van der Waals surface area contributed by atoms with Crippen molar-refractivity contribution in [2.75, 3.05) is 30.9 Å². The van der Waals surface area contributed by atoms with Gasteiger partial charge in [-0.25, -0.2) is 4.68 Å². The van der Waals surface area contributed by atoms with Crippen LogP contribution < -0.4 is 10.2 Å². The summed E-state index contributed by atoms with van der Waals surface area (Å²) in [6.07, 6.45) is 3.45. The van der Waals surface area contributed by atoms with E-state index in [2.05, 4.69) is 84.4 Å². The summed E-state index contributed by atoms with van der Waals surface area (Å²) in [5.74, 6) is 1.15. The van der Waals surface area contributed by atoms with Crippen molar-refractivity contribution in [1.82, 2.24) is 9.78 Å². The van der Waals surface area contributed by atoms with Crippen LogP contribution in [0.4, 0.5) is 11.5 Å². The van der Waals surface area contributed by atoms with Gasteiger partial charge in [0, 0.05) is 37.5 Å². The van der Waals surface area contributed by atoms with Gasteiger partial charge in [0.1, 0.15) is 5.82 Å². The smallest absolute Gasteiger partial charge is 0.133 e. The van der Waals surface area contributed by atoms with E-state index in [0.717, 1.165) is 30.2 Å². The molecule has 2 aromatic carbocycles. The highest BCUT2D eigenvalue weighted by Gasteiger charge is 2.22. The molecule has 4 nitrogen and oxygen atoms in total. The van der Waals surface area contributed by atoms with E-state index in [0.29, 0.717) is 0 Å². The molecule has 0 fully saturated rings. The second-order valence-electron chi connectivity index (χ2n) is 7.20. The van der Waals surface area contributed by atoms with Gasteiger partial charge in [0.25, 0.3) is 0 Å². The van der Waals surface area contributed by atoms with Crippen molar-refractivity contribution in [1.29, 1.82) is 0 Å². The van der Waals surface area contributed by atoms with E-state index < -0.39 is 0 Å². The third-order valence-corrected chi connectivity index (χ3v) is 5.11. The molecule has 1 aliphatic heterocycles. The number of aryl methyl sites for hydroxylation is 1. The van der Waals surface area contributed by atoms with Gasteiger partial charge in [-0.05, 0) is 49.9 Å². The first-order valence-corrected chi connectivity index (χ1v) is 9.34. The molecule has 1 N–H and O–H groups in total. The molecule has 134 valence electrons. The maximum Gasteiger partial charge on any atom is 0.133 e. The lowest BCUT2D eigenvalue weighted by atomic mass is 10.0. The maximum atomic E-state index is 5.07. The molecule has 0 unspecified atom stereocenters. The summed E-state index contributed by atoms with van der Waals surface area (Å²) in [5, 5.41) is 8.71. The fraction of sp³-hybridized carbons (Fsp3) is 0.318. The quantitative estimate of drug-likeness (QED) is 0.748. The highest BCUT2D eigenvalue weighted by Crippen LogP contribution is 2.35. The predicted molar refractivity (Wildman–Crippen MR) is 109 cm³/mol. The van der Waals surface area contributed by atoms with Crippen molar-refractivity contribution in [3.8, 4) is 16.9 Å². The molecule has 2 heterocycles. The van der Waals surface area contributed by atoms with Gasteiger partial charge in [-0.1, -0.05) is 30.3 Å². The van der Waals surface area contributed by atoms with Gasteiger partial charge in [-0.15, -0.1) is 0 Å². The Labute approximate surface area is 155 Å². The lowest BCUT2D eigenvalue weighted by Crippen LogP contribution is -2.08. The standard InChI is InChI=1S/C22H26N4/c1-16-9-4-5-13-20(16)26-22-19(12-6-7-14-23-22)21(24-26)17-10-8-11-18(15-17)25(2)3/h4-5,8-11,13,15,23H,6-7,12,14H2,1-3H3. The SMILES string of the molecule is Cc1ccccc1-n1nc(-c2cccc(N(C)C)c2)c2c1NCCCC2. The Morgan fingerprint density at radius 1 is 1.04 bits per heavy atom. The van der Waals surface area contributed by atoms with Crippen LogP contribution in [0, 0.1) is 6.92 Å². The molecule has 0 saturated carbocycles. The van der Waals surface area contributed by atoms with Crippen molar-refractivity contribution < 1.29 is 0 Å². The van der Waals surface area contributed by atoms with E-state index in [9.17, 15) is 0 Å². The Kier molecular flexibility index (Phi) is 4.41. The molecular weight excluding hydrogens is 320 g/mol. The van der Waals surface area contributed by atoms with Crippen molar-refractivity contribution in [3.05, 3.63) is 59.7 Å². The molecule has 0 aliphatic carbocycles. The third kappa shape index (κ3) is 2.96. The monoisotopic (exact) mass is 346 g/mol. The highest BCUT2D eigenvalue weighted by molar-refractivity contribution is 5.74. The molecule has 0 bridgehead atoms. The van der Waals surface area contributed by atoms with Crippen LogP contribution in [0.5, 0.6) is 0 Å². The first-order chi connectivity index (χ1) is 12.6. The normalized spacial score (nSPS) is 13.7. The lowest BCUT2D eigenvalue weighted by molar-refractivity contribution is 0.779. The molecule has 0 spiro atoms. The number of hydrogen-bond acceptors (Lipinski definition) is 3. The van der Waals surface area contributed by atoms with Crippen molar-refractivity contribution in [3.63, 3.8) is 0 Å². The minimum atomic E-state index is 1.00. The number of anilines is 2. The van der Waals surface area contributed by atoms with Gasteiger partial charge in [0.2, 0.25) is 0 Å². The third-order valence-electron chi connectivity index (χ3n) is 5.11. The Bertz CT molecular complexity index is 924. The summed E-state index contributed by atoms with van der Waals surface area (Å²) in [6, 6.07) is 17.1. The maximum absolute atomic E-state index is 5.07. The molecule has 0 radical (unpaired) electrons. The van der Waals surface area contributed by atoms with Crippen LogP contribution in [0.25, 0.3) is 16.9 Å². The number of para-hydroxylation sites is 1. The van der Waals surface area contributed by atoms with Crippen molar-refractivity contribution >= 4 is 11.5 Å². The Morgan fingerprint density at radius 3 is 2.69 bits per heavy atom. The van der Waals surface area contributed by atoms with E-state index >= 15 is 0 Å². The summed E-state index contributed by atoms with van der Waals surface area (Å²) >= 11 is 0. The van der Waals surface area contributed by atoms with E-state index in [4.69, 9.17) is 5.10 Å². The summed E-state index contributed by atoms with van der Waals surface area (Å²) in [4.78, 5) is 2.14. The Balaban J connectivity index is 1.91. The summed E-state index contributed by atoms with van der Waals surface area (Å²) in [5.41, 5.74) is 7.19. The zero-order valence-corrected chi connectivity index (χ0v) is 15.8. The van der Waals surface area contributed by atoms with Crippen LogP contribution in [0.3, 0.4) is 0 Å². The second-order valence-corrected chi connectivity index (χ2v) is 7.20. The zero-order valence-electron chi connectivity index (χ0n) is 15.8. The Hall–Kier alpha value is -2.75. The molecule has 4 heteroatoms. The van der Waals surface area contributed by atoms with Crippen molar-refractivity contribution in [2.45, 2.75) is 26.2 Å². The molecule has 1 aliphatic rings. The van der Waals surface area contributed by atoms with Crippen LogP contribution in [0.15, 0.2) is 48.5 Å². The van der Waals surface area contributed by atoms with Crippen LogP contribution in [0.1, 0.15) is 24.0 Å². The number of fused-ring (bicyclic) bond motifs is 1. The van der Waals surface area contributed by atoms with Gasteiger partial charge >= 0.3 is 0 Å². The summed E-state index contributed by atoms with van der Waals surface area (Å²) < 4.78 is 2.10. The van der Waals surface area contributed by atoms with E-state index in [1.54, 1.807) is 0 Å². The van der Waals surface area contributed by atoms with Gasteiger partial charge in [0.15, 0.2) is 0 Å². The summed E-state index contributed by atoms with van der Waals surface area (Å²) in [7, 11) is 4.15. The predicted octanol–water partition coefficient (Wildman–Crippen LogP) is 4.66. The number of benzene rings is 2. The van der Waals surface area contributed by atoms with Crippen LogP contribution >= 0.6 is 0 Å². The molecule has 3 aromatic rings. The molecule has 26 heavy (non-hydrogen) atoms. The first kappa shape index (κ1) is 16.7. The van der Waals surface area contributed by atoms with Gasteiger partial charge in [-0.3, -0.25) is 0 Å². The van der Waals surface area contributed by atoms with Crippen molar-refractivity contribution in [2.24, 2.45) is 0 Å². The van der Waals surface area contributed by atoms with Gasteiger partial charge in [0.05, 0.1) is 11.4 Å². The molecule has 0 amide bonds. The fourth-order valence-corrected chi connectivity index (χ4v) is 3.64. The topological polar surface area (TPSA) is 33.1 Å².